The summed E-state index contributed by atoms with van der Waals surface area (Å²) in [7, 11) is 0. The molecule has 0 bridgehead atoms. The first-order valence-electron chi connectivity index (χ1n) is 8.02. The van der Waals surface area contributed by atoms with Crippen LogP contribution in [-0.4, -0.2) is 45.2 Å². The Morgan fingerprint density at radius 3 is 2.72 bits per heavy atom. The van der Waals surface area contributed by atoms with Crippen LogP contribution in [0, 0.1) is 13.8 Å². The third kappa shape index (κ3) is 4.51. The van der Waals surface area contributed by atoms with Gasteiger partial charge in [-0.15, -0.1) is 24.8 Å². The van der Waals surface area contributed by atoms with E-state index in [0.29, 0.717) is 6.54 Å². The molecule has 1 saturated heterocycles. The van der Waals surface area contributed by atoms with E-state index in [4.69, 9.17) is 0 Å². The molecule has 2 aromatic heterocycles. The standard InChI is InChI=1S/C17H23N5O.2ClH/c1-12-9-13(2)22(20-12)14(3)17(23)21-8-7-19-11-16(21)15-5-4-6-18-10-15;;/h4-6,9-10,14,16,19H,7-8,11H2,1-3H3;2*1H. The molecule has 25 heavy (non-hydrogen) atoms. The van der Waals surface area contributed by atoms with Crippen LogP contribution in [0.15, 0.2) is 30.6 Å². The van der Waals surface area contributed by atoms with Crippen molar-refractivity contribution in [2.45, 2.75) is 32.9 Å². The lowest BCUT2D eigenvalue weighted by Gasteiger charge is -2.38. The third-order valence-corrected chi connectivity index (χ3v) is 4.36. The Bertz CT molecular complexity index is 692. The maximum atomic E-state index is 13.1. The Morgan fingerprint density at radius 2 is 2.12 bits per heavy atom. The van der Waals surface area contributed by atoms with Gasteiger partial charge in [0.2, 0.25) is 5.91 Å². The minimum absolute atomic E-state index is 0. The molecule has 0 aliphatic carbocycles. The van der Waals surface area contributed by atoms with Gasteiger partial charge in [-0.25, -0.2) is 0 Å². The normalized spacial score (nSPS) is 18.0. The number of carbonyl (C=O) groups is 1. The van der Waals surface area contributed by atoms with Crippen LogP contribution in [-0.2, 0) is 4.79 Å². The zero-order chi connectivity index (χ0) is 16.4. The molecule has 3 heterocycles. The number of pyridine rings is 1. The van der Waals surface area contributed by atoms with Crippen LogP contribution in [0.1, 0.15) is 36.0 Å². The Balaban J connectivity index is 0.00000156. The first-order valence-corrected chi connectivity index (χ1v) is 8.02. The lowest BCUT2D eigenvalue weighted by atomic mass is 10.0. The molecule has 2 atom stereocenters. The van der Waals surface area contributed by atoms with Crippen molar-refractivity contribution in [1.29, 1.82) is 0 Å². The average Bonchev–Trinajstić information content (AvgIpc) is 2.92. The van der Waals surface area contributed by atoms with Gasteiger partial charge in [-0.05, 0) is 38.5 Å². The molecular weight excluding hydrogens is 361 g/mol. The van der Waals surface area contributed by atoms with Crippen LogP contribution >= 0.6 is 24.8 Å². The molecule has 0 saturated carbocycles. The van der Waals surface area contributed by atoms with Crippen molar-refractivity contribution in [2.24, 2.45) is 0 Å². The lowest BCUT2D eigenvalue weighted by molar-refractivity contribution is -0.138. The van der Waals surface area contributed by atoms with Crippen LogP contribution in [0.4, 0.5) is 0 Å². The summed E-state index contributed by atoms with van der Waals surface area (Å²) in [5.74, 6) is 0.103. The molecule has 1 amide bonds. The maximum Gasteiger partial charge on any atom is 0.247 e. The fraction of sp³-hybridized carbons (Fsp3) is 0.471. The number of hydrogen-bond donors (Lipinski definition) is 1. The first kappa shape index (κ1) is 21.4. The Morgan fingerprint density at radius 1 is 1.36 bits per heavy atom. The van der Waals surface area contributed by atoms with E-state index in [2.05, 4.69) is 15.4 Å². The van der Waals surface area contributed by atoms with Gasteiger partial charge in [0.1, 0.15) is 6.04 Å². The monoisotopic (exact) mass is 385 g/mol. The van der Waals surface area contributed by atoms with E-state index < -0.39 is 0 Å². The number of rotatable bonds is 3. The molecule has 1 aliphatic heterocycles. The van der Waals surface area contributed by atoms with Gasteiger partial charge in [0.15, 0.2) is 0 Å². The molecule has 1 aliphatic rings. The number of aromatic nitrogens is 3. The van der Waals surface area contributed by atoms with Crippen molar-refractivity contribution >= 4 is 30.7 Å². The second-order valence-electron chi connectivity index (χ2n) is 6.09. The van der Waals surface area contributed by atoms with E-state index in [1.807, 2.05) is 54.7 Å². The Labute approximate surface area is 160 Å². The molecule has 0 radical (unpaired) electrons. The Hall–Kier alpha value is -1.63. The fourth-order valence-electron chi connectivity index (χ4n) is 3.22. The van der Waals surface area contributed by atoms with Crippen molar-refractivity contribution < 1.29 is 4.79 Å². The SMILES string of the molecule is Cc1cc(C)n(C(C)C(=O)N2CCNCC2c2cccnc2)n1.Cl.Cl. The van der Waals surface area contributed by atoms with Crippen molar-refractivity contribution in [2.75, 3.05) is 19.6 Å². The van der Waals surface area contributed by atoms with E-state index in [1.54, 1.807) is 6.20 Å². The first-order chi connectivity index (χ1) is 11.1. The van der Waals surface area contributed by atoms with Gasteiger partial charge in [-0.1, -0.05) is 6.07 Å². The molecule has 0 spiro atoms. The summed E-state index contributed by atoms with van der Waals surface area (Å²) in [5, 5.41) is 7.83. The number of halogens is 2. The molecule has 8 heteroatoms. The molecular formula is C17H25Cl2N5O. The number of amides is 1. The molecule has 2 aromatic rings. The van der Waals surface area contributed by atoms with Crippen LogP contribution in [0.25, 0.3) is 0 Å². The van der Waals surface area contributed by atoms with Crippen LogP contribution < -0.4 is 5.32 Å². The predicted molar refractivity (Wildman–Crippen MR) is 102 cm³/mol. The number of nitrogens with one attached hydrogen (secondary N) is 1. The summed E-state index contributed by atoms with van der Waals surface area (Å²) in [4.78, 5) is 19.2. The lowest BCUT2D eigenvalue weighted by Crippen LogP contribution is -2.50. The van der Waals surface area contributed by atoms with Gasteiger partial charge in [-0.2, -0.15) is 5.10 Å². The third-order valence-electron chi connectivity index (χ3n) is 4.36. The largest absolute Gasteiger partial charge is 0.331 e. The fourth-order valence-corrected chi connectivity index (χ4v) is 3.22. The zero-order valence-electron chi connectivity index (χ0n) is 14.7. The molecule has 1 fully saturated rings. The topological polar surface area (TPSA) is 63.1 Å². The Kier molecular flexibility index (Phi) is 7.86. The van der Waals surface area contributed by atoms with Crippen molar-refractivity contribution in [3.05, 3.63) is 47.5 Å². The highest BCUT2D eigenvalue weighted by Crippen LogP contribution is 2.25. The summed E-state index contributed by atoms with van der Waals surface area (Å²) in [6.45, 7) is 8.11. The van der Waals surface area contributed by atoms with Gasteiger partial charge in [0.05, 0.1) is 11.7 Å². The highest BCUT2D eigenvalue weighted by atomic mass is 35.5. The van der Waals surface area contributed by atoms with Crippen LogP contribution in [0.3, 0.4) is 0 Å². The highest BCUT2D eigenvalue weighted by molar-refractivity contribution is 5.85. The molecule has 1 N–H and O–H groups in total. The highest BCUT2D eigenvalue weighted by Gasteiger charge is 2.32. The van der Waals surface area contributed by atoms with Gasteiger partial charge in [-0.3, -0.25) is 14.5 Å². The maximum absolute atomic E-state index is 13.1. The molecule has 0 aromatic carbocycles. The molecule has 138 valence electrons. The number of carbonyl (C=O) groups excluding carboxylic acids is 1. The van der Waals surface area contributed by atoms with Gasteiger partial charge in [0, 0.05) is 37.7 Å². The predicted octanol–water partition coefficient (Wildman–Crippen LogP) is 2.47. The smallest absolute Gasteiger partial charge is 0.247 e. The minimum atomic E-state index is -0.305. The van der Waals surface area contributed by atoms with Gasteiger partial charge in [0.25, 0.3) is 0 Å². The van der Waals surface area contributed by atoms with Crippen LogP contribution in [0.5, 0.6) is 0 Å². The van der Waals surface area contributed by atoms with E-state index in [9.17, 15) is 4.79 Å². The number of aryl methyl sites for hydroxylation is 2. The zero-order valence-corrected chi connectivity index (χ0v) is 16.3. The summed E-state index contributed by atoms with van der Waals surface area (Å²) in [6, 6.07) is 5.65. The second kappa shape index (κ2) is 9.17. The number of hydrogen-bond acceptors (Lipinski definition) is 4. The van der Waals surface area contributed by atoms with Crippen LogP contribution in [0.2, 0.25) is 0 Å². The summed E-state index contributed by atoms with van der Waals surface area (Å²) in [6.07, 6.45) is 3.59. The number of nitrogens with zero attached hydrogens (tertiary/aromatic N) is 4. The van der Waals surface area contributed by atoms with Gasteiger partial charge < -0.3 is 10.2 Å². The van der Waals surface area contributed by atoms with E-state index >= 15 is 0 Å². The molecule has 6 nitrogen and oxygen atoms in total. The number of piperazine rings is 1. The minimum Gasteiger partial charge on any atom is -0.331 e. The summed E-state index contributed by atoms with van der Waals surface area (Å²) >= 11 is 0. The van der Waals surface area contributed by atoms with E-state index in [1.165, 1.54) is 0 Å². The van der Waals surface area contributed by atoms with Crippen molar-refractivity contribution in [1.82, 2.24) is 25.0 Å². The van der Waals surface area contributed by atoms with E-state index in [-0.39, 0.29) is 42.8 Å². The van der Waals surface area contributed by atoms with Crippen molar-refractivity contribution in [3.8, 4) is 0 Å². The summed E-state index contributed by atoms with van der Waals surface area (Å²) in [5.41, 5.74) is 3.01. The summed E-state index contributed by atoms with van der Waals surface area (Å²) < 4.78 is 1.82. The van der Waals surface area contributed by atoms with Gasteiger partial charge >= 0.3 is 0 Å². The molecule has 2 unspecified atom stereocenters. The van der Waals surface area contributed by atoms with E-state index in [0.717, 1.165) is 30.0 Å². The average molecular weight is 386 g/mol. The quantitative estimate of drug-likeness (QED) is 0.881. The molecule has 3 rings (SSSR count). The van der Waals surface area contributed by atoms with Crippen molar-refractivity contribution in [3.63, 3.8) is 0 Å². The second-order valence-corrected chi connectivity index (χ2v) is 6.09.